The van der Waals surface area contributed by atoms with Crippen LogP contribution < -0.4 is 0 Å². The van der Waals surface area contributed by atoms with Gasteiger partial charge in [0.1, 0.15) is 0 Å². The van der Waals surface area contributed by atoms with Crippen LogP contribution in [0.15, 0.2) is 72.8 Å². The quantitative estimate of drug-likeness (QED) is 0.191. The molecule has 0 amide bonds. The van der Waals surface area contributed by atoms with E-state index in [-0.39, 0.29) is 0 Å². The van der Waals surface area contributed by atoms with E-state index in [9.17, 15) is 5.26 Å². The lowest BCUT2D eigenvalue weighted by Gasteiger charge is -2.29. The number of hydrogen-bond donors (Lipinski definition) is 0. The van der Waals surface area contributed by atoms with Gasteiger partial charge in [-0.1, -0.05) is 69.9 Å². The molecule has 2 aliphatic rings. The van der Waals surface area contributed by atoms with Gasteiger partial charge in [0.15, 0.2) is 5.69 Å². The second-order valence-electron chi connectivity index (χ2n) is 14.9. The lowest BCUT2D eigenvalue weighted by atomic mass is 9.78. The molecular weight excluding hydrogens is 548 g/mol. The molecule has 4 aromatic rings. The molecule has 0 atom stereocenters. The Morgan fingerprint density at radius 1 is 0.733 bits per heavy atom. The predicted molar refractivity (Wildman–Crippen MR) is 183 cm³/mol. The van der Waals surface area contributed by atoms with Gasteiger partial charge in [0.2, 0.25) is 0 Å². The van der Waals surface area contributed by atoms with Crippen molar-refractivity contribution in [2.45, 2.75) is 97.3 Å². The highest BCUT2D eigenvalue weighted by Crippen LogP contribution is 2.43. The summed E-state index contributed by atoms with van der Waals surface area (Å²) in [6.07, 6.45) is 12.2. The lowest BCUT2D eigenvalue weighted by Crippen LogP contribution is -2.25. The number of benzene rings is 2. The zero-order valence-corrected chi connectivity index (χ0v) is 27.3. The third kappa shape index (κ3) is 6.72. The summed E-state index contributed by atoms with van der Waals surface area (Å²) >= 11 is 0. The maximum atomic E-state index is 9.62. The fraction of sp³-hybridized carbons (Fsp3) is 0.415. The average Bonchev–Trinajstić information content (AvgIpc) is 3.68. The van der Waals surface area contributed by atoms with Crippen molar-refractivity contribution in [3.05, 3.63) is 112 Å². The molecule has 2 aromatic heterocycles. The van der Waals surface area contributed by atoms with E-state index in [2.05, 4.69) is 75.0 Å². The van der Waals surface area contributed by atoms with Crippen LogP contribution in [0.1, 0.15) is 107 Å². The summed E-state index contributed by atoms with van der Waals surface area (Å²) in [5.74, 6) is 0. The van der Waals surface area contributed by atoms with Crippen molar-refractivity contribution >= 4 is 5.69 Å². The number of nitrogens with zero attached hydrogens (tertiary/aromatic N) is 4. The zero-order chi connectivity index (χ0) is 31.7. The third-order valence-corrected chi connectivity index (χ3v) is 10.5. The van der Waals surface area contributed by atoms with Gasteiger partial charge >= 0.3 is 0 Å². The minimum Gasteiger partial charge on any atom is -0.252 e. The van der Waals surface area contributed by atoms with Gasteiger partial charge < -0.3 is 0 Å². The van der Waals surface area contributed by atoms with E-state index >= 15 is 0 Å². The summed E-state index contributed by atoms with van der Waals surface area (Å²) in [4.78, 5) is 14.3. The maximum Gasteiger partial charge on any atom is 0.187 e. The SMILES string of the molecule is [C-]#[N+]c1cccc(-c2cc(CC3(C)CCCC3)cc(C(C)(C)c3cc(CC4(C)CCCC4)cc(-c4cccc(C#N)c4)n3)n2)c1. The Morgan fingerprint density at radius 2 is 1.22 bits per heavy atom. The standard InChI is InChI=1S/C41H44N4/c1-39(2,37-23-30(26-40(3)16-6-7-17-40)21-35(44-37)32-13-10-12-29(20-32)28-42)38-24-31(27-41(4)18-8-9-19-41)22-36(45-38)33-14-11-15-34(25-33)43-5/h10-15,20-25H,6-9,16-19,26-27H2,1-4H3. The largest absolute Gasteiger partial charge is 0.252 e. The molecule has 2 aromatic carbocycles. The predicted octanol–water partition coefficient (Wildman–Crippen LogP) is 10.8. The van der Waals surface area contributed by atoms with Crippen LogP contribution >= 0.6 is 0 Å². The molecule has 0 radical (unpaired) electrons. The van der Waals surface area contributed by atoms with Crippen LogP contribution in [0.3, 0.4) is 0 Å². The first-order chi connectivity index (χ1) is 21.6. The molecule has 2 saturated carbocycles. The molecule has 0 aliphatic heterocycles. The van der Waals surface area contributed by atoms with Gasteiger partial charge in [-0.2, -0.15) is 5.26 Å². The van der Waals surface area contributed by atoms with Gasteiger partial charge in [-0.3, -0.25) is 9.97 Å². The summed E-state index contributed by atoms with van der Waals surface area (Å²) in [5, 5.41) is 9.62. The monoisotopic (exact) mass is 592 g/mol. The normalized spacial score (nSPS) is 17.1. The van der Waals surface area contributed by atoms with Crippen LogP contribution in [0.2, 0.25) is 0 Å². The Labute approximate surface area is 269 Å². The molecule has 6 rings (SSSR count). The molecule has 0 N–H and O–H groups in total. The van der Waals surface area contributed by atoms with E-state index in [0.29, 0.717) is 22.1 Å². The number of pyridine rings is 2. The topological polar surface area (TPSA) is 53.9 Å². The highest BCUT2D eigenvalue weighted by atomic mass is 14.8. The zero-order valence-electron chi connectivity index (χ0n) is 27.3. The third-order valence-electron chi connectivity index (χ3n) is 10.5. The Morgan fingerprint density at radius 3 is 1.71 bits per heavy atom. The van der Waals surface area contributed by atoms with Gasteiger partial charge in [-0.15, -0.1) is 0 Å². The summed E-state index contributed by atoms with van der Waals surface area (Å²) in [6.45, 7) is 16.9. The van der Waals surface area contributed by atoms with Crippen molar-refractivity contribution in [3.63, 3.8) is 0 Å². The van der Waals surface area contributed by atoms with Crippen LogP contribution in [0, 0.1) is 28.7 Å². The second kappa shape index (κ2) is 12.3. The maximum absolute atomic E-state index is 9.62. The molecule has 0 bridgehead atoms. The highest BCUT2D eigenvalue weighted by Gasteiger charge is 2.33. The van der Waals surface area contributed by atoms with E-state index in [1.54, 1.807) is 0 Å². The van der Waals surface area contributed by atoms with Crippen molar-refractivity contribution < 1.29 is 0 Å². The molecule has 4 nitrogen and oxygen atoms in total. The van der Waals surface area contributed by atoms with Crippen molar-refractivity contribution in [1.82, 2.24) is 9.97 Å². The molecular formula is C41H44N4. The Balaban J connectivity index is 1.49. The first-order valence-corrected chi connectivity index (χ1v) is 16.6. The van der Waals surface area contributed by atoms with Crippen molar-refractivity contribution in [2.75, 3.05) is 0 Å². The Hall–Kier alpha value is -4.28. The van der Waals surface area contributed by atoms with Crippen LogP contribution in [0.4, 0.5) is 5.69 Å². The molecule has 4 heteroatoms. The van der Waals surface area contributed by atoms with Crippen LogP contribution in [-0.2, 0) is 18.3 Å². The summed E-state index contributed by atoms with van der Waals surface area (Å²) < 4.78 is 0. The van der Waals surface area contributed by atoms with Crippen LogP contribution in [-0.4, -0.2) is 9.97 Å². The van der Waals surface area contributed by atoms with E-state index in [4.69, 9.17) is 16.5 Å². The van der Waals surface area contributed by atoms with Gasteiger partial charge in [0.05, 0.1) is 41.0 Å². The number of nitriles is 1. The molecule has 0 spiro atoms. The molecule has 2 heterocycles. The minimum atomic E-state index is -0.479. The summed E-state index contributed by atoms with van der Waals surface area (Å²) in [7, 11) is 0. The van der Waals surface area contributed by atoms with Gasteiger partial charge in [-0.25, -0.2) is 4.85 Å². The van der Waals surface area contributed by atoms with E-state index in [1.807, 2.05) is 36.4 Å². The van der Waals surface area contributed by atoms with Gasteiger partial charge in [0, 0.05) is 11.0 Å². The molecule has 0 unspecified atom stereocenters. The highest BCUT2D eigenvalue weighted by molar-refractivity contribution is 5.67. The van der Waals surface area contributed by atoms with Gasteiger partial charge in [-0.05, 0) is 122 Å². The molecule has 2 aliphatic carbocycles. The second-order valence-corrected chi connectivity index (χ2v) is 14.9. The summed E-state index contributed by atoms with van der Waals surface area (Å²) in [6, 6.07) is 27.0. The number of aromatic nitrogens is 2. The van der Waals surface area contributed by atoms with Gasteiger partial charge in [0.25, 0.3) is 0 Å². The van der Waals surface area contributed by atoms with Crippen molar-refractivity contribution in [2.24, 2.45) is 10.8 Å². The van der Waals surface area contributed by atoms with Crippen LogP contribution in [0.5, 0.6) is 0 Å². The Kier molecular flexibility index (Phi) is 8.37. The van der Waals surface area contributed by atoms with Crippen LogP contribution in [0.25, 0.3) is 27.4 Å². The number of hydrogen-bond acceptors (Lipinski definition) is 3. The first-order valence-electron chi connectivity index (χ1n) is 16.6. The fourth-order valence-electron chi connectivity index (χ4n) is 7.72. The van der Waals surface area contributed by atoms with Crippen molar-refractivity contribution in [3.8, 4) is 28.6 Å². The Bertz CT molecular complexity index is 1660. The smallest absolute Gasteiger partial charge is 0.187 e. The minimum absolute atomic E-state index is 0.296. The molecule has 0 saturated heterocycles. The first kappa shape index (κ1) is 30.7. The molecule has 228 valence electrons. The van der Waals surface area contributed by atoms with Crippen molar-refractivity contribution in [1.29, 1.82) is 5.26 Å². The summed E-state index contributed by atoms with van der Waals surface area (Å²) in [5.41, 5.74) is 9.76. The number of rotatable bonds is 8. The van der Waals surface area contributed by atoms with E-state index < -0.39 is 5.41 Å². The van der Waals surface area contributed by atoms with E-state index in [0.717, 1.165) is 46.7 Å². The molecule has 2 fully saturated rings. The fourth-order valence-corrected chi connectivity index (χ4v) is 7.72. The molecule has 45 heavy (non-hydrogen) atoms. The average molecular weight is 593 g/mol. The van der Waals surface area contributed by atoms with E-state index in [1.165, 1.54) is 62.5 Å². The lowest BCUT2D eigenvalue weighted by molar-refractivity contribution is 0.334.